The predicted octanol–water partition coefficient (Wildman–Crippen LogP) is -0.363. The molecule has 1 atom stereocenters. The second kappa shape index (κ2) is 4.05. The minimum atomic E-state index is -2.75. The third kappa shape index (κ3) is 3.17. The SMILES string of the molecule is O=[SH](=O)C(Cl)NCF. The van der Waals surface area contributed by atoms with E-state index in [4.69, 9.17) is 11.6 Å². The molecule has 0 amide bonds. The van der Waals surface area contributed by atoms with Gasteiger partial charge < -0.3 is 0 Å². The van der Waals surface area contributed by atoms with Gasteiger partial charge in [0.1, 0.15) is 6.80 Å². The van der Waals surface area contributed by atoms with Gasteiger partial charge in [0.15, 0.2) is 15.5 Å². The van der Waals surface area contributed by atoms with Crippen LogP contribution in [0.3, 0.4) is 0 Å². The molecule has 0 rings (SSSR count). The van der Waals surface area contributed by atoms with Crippen molar-refractivity contribution in [2.45, 2.75) is 4.83 Å². The highest BCUT2D eigenvalue weighted by Crippen LogP contribution is 1.88. The van der Waals surface area contributed by atoms with E-state index in [9.17, 15) is 12.8 Å². The second-order valence-electron chi connectivity index (χ2n) is 0.959. The smallest absolute Gasteiger partial charge is 0.185 e. The minimum absolute atomic E-state index is 0.933. The molecule has 0 aromatic heterocycles. The third-order valence-corrected chi connectivity index (χ3v) is 1.62. The van der Waals surface area contributed by atoms with Gasteiger partial charge in [-0.2, -0.15) is 0 Å². The molecule has 6 heteroatoms. The second-order valence-corrected chi connectivity index (χ2v) is 2.79. The van der Waals surface area contributed by atoms with Crippen LogP contribution in [0.25, 0.3) is 0 Å². The summed E-state index contributed by atoms with van der Waals surface area (Å²) in [4.78, 5) is -1.28. The van der Waals surface area contributed by atoms with Crippen molar-refractivity contribution in [3.63, 3.8) is 0 Å². The summed E-state index contributed by atoms with van der Waals surface area (Å²) in [5, 5.41) is 1.85. The molecule has 0 aliphatic heterocycles. The van der Waals surface area contributed by atoms with Crippen molar-refractivity contribution in [3.05, 3.63) is 0 Å². The van der Waals surface area contributed by atoms with E-state index in [0.717, 1.165) is 0 Å². The van der Waals surface area contributed by atoms with E-state index in [2.05, 4.69) is 0 Å². The molecule has 1 N–H and O–H groups in total. The molecule has 0 bridgehead atoms. The van der Waals surface area contributed by atoms with E-state index >= 15 is 0 Å². The Balaban J connectivity index is 3.48. The molecule has 3 nitrogen and oxygen atoms in total. The van der Waals surface area contributed by atoms with Crippen LogP contribution in [0.15, 0.2) is 0 Å². The standard InChI is InChI=1S/C2H5ClFNO2S/c3-2(5-1-4)8(6)7/h2,5,8H,1H2. The molecule has 0 saturated heterocycles. The first kappa shape index (κ1) is 8.13. The summed E-state index contributed by atoms with van der Waals surface area (Å²) < 4.78 is 30.7. The summed E-state index contributed by atoms with van der Waals surface area (Å²) in [7, 11) is -2.75. The van der Waals surface area contributed by atoms with E-state index < -0.39 is 22.3 Å². The van der Waals surface area contributed by atoms with Crippen LogP contribution < -0.4 is 5.32 Å². The number of nitrogens with one attached hydrogen (secondary N) is 1. The summed E-state index contributed by atoms with van der Waals surface area (Å²) in [6, 6.07) is 0. The van der Waals surface area contributed by atoms with Gasteiger partial charge in [-0.05, 0) is 0 Å². The normalized spacial score (nSPS) is 14.4. The Morgan fingerprint density at radius 1 is 1.75 bits per heavy atom. The molecule has 50 valence electrons. The molecule has 0 aliphatic carbocycles. The first-order chi connectivity index (χ1) is 3.68. The van der Waals surface area contributed by atoms with Crippen LogP contribution in [-0.2, 0) is 10.7 Å². The zero-order valence-corrected chi connectivity index (χ0v) is 5.45. The number of alkyl halides is 2. The van der Waals surface area contributed by atoms with Crippen molar-refractivity contribution >= 4 is 22.3 Å². The first-order valence-corrected chi connectivity index (χ1v) is 3.43. The fourth-order valence-electron chi connectivity index (χ4n) is 0.138. The largest absolute Gasteiger partial charge is 0.262 e. The Hall–Kier alpha value is 0.130. The van der Waals surface area contributed by atoms with E-state index in [1.54, 1.807) is 0 Å². The van der Waals surface area contributed by atoms with Crippen molar-refractivity contribution in [1.82, 2.24) is 5.32 Å². The van der Waals surface area contributed by atoms with Gasteiger partial charge in [0.25, 0.3) is 0 Å². The highest BCUT2D eigenvalue weighted by Gasteiger charge is 2.02. The predicted molar refractivity (Wildman–Crippen MR) is 29.1 cm³/mol. The maximum absolute atomic E-state index is 11.1. The summed E-state index contributed by atoms with van der Waals surface area (Å²) in [6.45, 7) is -0.933. The average molecular weight is 162 g/mol. The Morgan fingerprint density at radius 2 is 2.25 bits per heavy atom. The number of halogens is 2. The summed E-state index contributed by atoms with van der Waals surface area (Å²) >= 11 is 4.97. The van der Waals surface area contributed by atoms with Crippen molar-refractivity contribution in [3.8, 4) is 0 Å². The van der Waals surface area contributed by atoms with Crippen LogP contribution in [0.4, 0.5) is 4.39 Å². The topological polar surface area (TPSA) is 46.2 Å². The molecule has 1 unspecified atom stereocenters. The molecule has 0 saturated carbocycles. The average Bonchev–Trinajstić information content (AvgIpc) is 1.67. The number of rotatable bonds is 3. The Bertz CT molecular complexity index is 119. The summed E-state index contributed by atoms with van der Waals surface area (Å²) in [6.07, 6.45) is 0. The van der Waals surface area contributed by atoms with E-state index in [0.29, 0.717) is 0 Å². The lowest BCUT2D eigenvalue weighted by Gasteiger charge is -1.96. The summed E-state index contributed by atoms with van der Waals surface area (Å²) in [5.41, 5.74) is 0. The summed E-state index contributed by atoms with van der Waals surface area (Å²) in [5.74, 6) is 0. The van der Waals surface area contributed by atoms with E-state index in [1.807, 2.05) is 5.32 Å². The van der Waals surface area contributed by atoms with Gasteiger partial charge in [0.05, 0.1) is 0 Å². The van der Waals surface area contributed by atoms with Crippen molar-refractivity contribution in [2.24, 2.45) is 0 Å². The lowest BCUT2D eigenvalue weighted by Crippen LogP contribution is -2.23. The van der Waals surface area contributed by atoms with Gasteiger partial charge in [-0.15, -0.1) is 0 Å². The molecule has 0 aliphatic rings. The van der Waals surface area contributed by atoms with Crippen LogP contribution in [0.1, 0.15) is 0 Å². The van der Waals surface area contributed by atoms with Gasteiger partial charge in [0, 0.05) is 0 Å². The number of hydrogen-bond donors (Lipinski definition) is 2. The zero-order valence-electron chi connectivity index (χ0n) is 3.80. The van der Waals surface area contributed by atoms with Crippen LogP contribution >= 0.6 is 11.6 Å². The maximum Gasteiger partial charge on any atom is 0.185 e. The van der Waals surface area contributed by atoms with Gasteiger partial charge in [0.2, 0.25) is 0 Å². The molecule has 0 radical (unpaired) electrons. The monoisotopic (exact) mass is 161 g/mol. The highest BCUT2D eigenvalue weighted by molar-refractivity contribution is 7.74. The highest BCUT2D eigenvalue weighted by atomic mass is 35.5. The Kier molecular flexibility index (Phi) is 4.12. The molecular weight excluding hydrogens is 157 g/mol. The van der Waals surface area contributed by atoms with Crippen LogP contribution in [-0.4, -0.2) is 20.0 Å². The number of thiol groups is 1. The quantitative estimate of drug-likeness (QED) is 0.338. The minimum Gasteiger partial charge on any atom is -0.262 e. The van der Waals surface area contributed by atoms with E-state index in [1.165, 1.54) is 0 Å². The molecule has 8 heavy (non-hydrogen) atoms. The van der Waals surface area contributed by atoms with Crippen LogP contribution in [0, 0.1) is 0 Å². The van der Waals surface area contributed by atoms with Crippen molar-refractivity contribution in [1.29, 1.82) is 0 Å². The lowest BCUT2D eigenvalue weighted by atomic mass is 11.2. The maximum atomic E-state index is 11.1. The lowest BCUT2D eigenvalue weighted by molar-refractivity contribution is 0.435. The third-order valence-electron chi connectivity index (χ3n) is 0.431. The van der Waals surface area contributed by atoms with Gasteiger partial charge in [-0.25, -0.2) is 12.8 Å². The fourth-order valence-corrected chi connectivity index (χ4v) is 0.415. The van der Waals surface area contributed by atoms with Gasteiger partial charge in [-0.3, -0.25) is 5.32 Å². The van der Waals surface area contributed by atoms with Crippen molar-refractivity contribution < 1.29 is 12.8 Å². The Morgan fingerprint density at radius 3 is 2.38 bits per heavy atom. The van der Waals surface area contributed by atoms with Crippen molar-refractivity contribution in [2.75, 3.05) is 6.80 Å². The van der Waals surface area contributed by atoms with Crippen LogP contribution in [0.5, 0.6) is 0 Å². The van der Waals surface area contributed by atoms with Gasteiger partial charge >= 0.3 is 0 Å². The molecule has 0 heterocycles. The first-order valence-electron chi connectivity index (χ1n) is 1.75. The Labute approximate surface area is 52.8 Å². The number of hydrogen-bond acceptors (Lipinski definition) is 3. The fraction of sp³-hybridized carbons (Fsp3) is 1.00. The molecular formula is C2H5ClFNO2S. The molecule has 0 fully saturated rings. The van der Waals surface area contributed by atoms with E-state index in [-0.39, 0.29) is 0 Å². The zero-order chi connectivity index (χ0) is 6.57. The molecule has 0 aromatic carbocycles. The van der Waals surface area contributed by atoms with Gasteiger partial charge in [-0.1, -0.05) is 11.6 Å². The molecule has 0 spiro atoms. The van der Waals surface area contributed by atoms with Crippen LogP contribution in [0.2, 0.25) is 0 Å². The molecule has 0 aromatic rings.